The van der Waals surface area contributed by atoms with Crippen LogP contribution in [0.1, 0.15) is 32.1 Å². The van der Waals surface area contributed by atoms with Gasteiger partial charge in [0.05, 0.1) is 35.0 Å². The van der Waals surface area contributed by atoms with Crippen molar-refractivity contribution in [3.8, 4) is 22.8 Å². The summed E-state index contributed by atoms with van der Waals surface area (Å²) in [6.45, 7) is 3.75. The summed E-state index contributed by atoms with van der Waals surface area (Å²) in [5, 5.41) is 6.82. The maximum atomic E-state index is 11.6. The molecule has 6 rings (SSSR count). The first-order valence-corrected chi connectivity index (χ1v) is 12.4. The molecular weight excluding hydrogens is 470 g/mol. The lowest BCUT2D eigenvalue weighted by Crippen LogP contribution is -2.38. The van der Waals surface area contributed by atoms with E-state index in [1.807, 2.05) is 12.1 Å². The van der Waals surface area contributed by atoms with Crippen LogP contribution < -0.4 is 10.7 Å². The largest absolute Gasteiger partial charge is 0.434 e. The number of hydrogen-bond donors (Lipinski definition) is 1. The van der Waals surface area contributed by atoms with Crippen molar-refractivity contribution < 1.29 is 9.15 Å². The van der Waals surface area contributed by atoms with Crippen LogP contribution >= 0.6 is 11.6 Å². The molecule has 0 radical (unpaired) electrons. The molecular formula is C24H26ClN7O3. The zero-order valence-electron chi connectivity index (χ0n) is 19.2. The van der Waals surface area contributed by atoms with Crippen LogP contribution in [0.3, 0.4) is 0 Å². The number of fused-ring (bicyclic) bond motifs is 1. The van der Waals surface area contributed by atoms with Crippen molar-refractivity contribution in [2.24, 2.45) is 5.92 Å². The molecule has 1 aliphatic heterocycles. The third kappa shape index (κ3) is 4.43. The number of rotatable bonds is 5. The molecule has 182 valence electrons. The molecule has 1 N–H and O–H groups in total. The molecule has 1 aliphatic carbocycles. The second-order valence-electron chi connectivity index (χ2n) is 9.16. The van der Waals surface area contributed by atoms with Crippen molar-refractivity contribution in [1.82, 2.24) is 29.7 Å². The van der Waals surface area contributed by atoms with Crippen molar-refractivity contribution in [2.75, 3.05) is 31.2 Å². The minimum absolute atomic E-state index is 0.114. The number of nitrogens with zero attached hydrogens (tertiary/aromatic N) is 6. The molecule has 0 aromatic carbocycles. The first kappa shape index (κ1) is 22.2. The lowest BCUT2D eigenvalue weighted by molar-refractivity contribution is 0.121. The average molecular weight is 496 g/mol. The van der Waals surface area contributed by atoms with Crippen LogP contribution in [0.15, 0.2) is 33.7 Å². The fourth-order valence-corrected chi connectivity index (χ4v) is 5.32. The molecule has 0 spiro atoms. The number of aromatic amines is 1. The molecule has 4 aromatic heterocycles. The Morgan fingerprint density at radius 3 is 2.66 bits per heavy atom. The Hall–Kier alpha value is -3.24. The molecule has 2 aliphatic rings. The second-order valence-corrected chi connectivity index (χ2v) is 9.60. The zero-order valence-corrected chi connectivity index (χ0v) is 20.0. The van der Waals surface area contributed by atoms with Crippen molar-refractivity contribution in [3.63, 3.8) is 0 Å². The molecule has 1 saturated heterocycles. The van der Waals surface area contributed by atoms with E-state index in [0.29, 0.717) is 35.5 Å². The fourth-order valence-electron chi connectivity index (χ4n) is 5.14. The highest BCUT2D eigenvalue weighted by molar-refractivity contribution is 6.30. The van der Waals surface area contributed by atoms with E-state index in [0.717, 1.165) is 42.2 Å². The Balaban J connectivity index is 1.58. The quantitative estimate of drug-likeness (QED) is 0.443. The number of nitrogens with one attached hydrogen (secondary N) is 1. The average Bonchev–Trinajstić information content (AvgIpc) is 3.48. The number of morpholine rings is 1. The first-order valence-electron chi connectivity index (χ1n) is 12.1. The summed E-state index contributed by atoms with van der Waals surface area (Å²) < 4.78 is 13.1. The number of imidazole rings is 1. The van der Waals surface area contributed by atoms with E-state index in [4.69, 9.17) is 30.7 Å². The summed E-state index contributed by atoms with van der Waals surface area (Å²) in [6, 6.07) is 3.67. The van der Waals surface area contributed by atoms with E-state index in [9.17, 15) is 4.79 Å². The number of aromatic nitrogens is 6. The minimum atomic E-state index is -0.635. The standard InChI is InChI=1S/C24H26ClN7O3/c25-17-10-16(12-26-13-17)20-21-18(11-19(27-20)22-29-30-24(33)35-22)28-23(31-6-8-34-9-7-31)32(21)14-15-4-2-1-3-5-15/h10-13,15H,1-9,14H2,(H,30,33). The molecule has 11 heteroatoms. The lowest BCUT2D eigenvalue weighted by atomic mass is 9.89. The third-order valence-corrected chi connectivity index (χ3v) is 7.01. The van der Waals surface area contributed by atoms with E-state index >= 15 is 0 Å². The van der Waals surface area contributed by atoms with E-state index < -0.39 is 5.76 Å². The highest BCUT2D eigenvalue weighted by atomic mass is 35.5. The van der Waals surface area contributed by atoms with E-state index in [1.54, 1.807) is 12.4 Å². The Labute approximate surface area is 206 Å². The molecule has 2 fully saturated rings. The van der Waals surface area contributed by atoms with Gasteiger partial charge in [0.2, 0.25) is 5.95 Å². The molecule has 5 heterocycles. The van der Waals surface area contributed by atoms with Gasteiger partial charge in [-0.05, 0) is 30.9 Å². The highest BCUT2D eigenvalue weighted by Gasteiger charge is 2.26. The zero-order chi connectivity index (χ0) is 23.8. The maximum Gasteiger partial charge on any atom is 0.434 e. The van der Waals surface area contributed by atoms with Gasteiger partial charge in [0.25, 0.3) is 5.89 Å². The first-order chi connectivity index (χ1) is 17.2. The fraction of sp³-hybridized carbons (Fsp3) is 0.458. The Bertz CT molecular complexity index is 1400. The molecule has 10 nitrogen and oxygen atoms in total. The lowest BCUT2D eigenvalue weighted by Gasteiger charge is -2.30. The topological polar surface area (TPSA) is 115 Å². The van der Waals surface area contributed by atoms with Gasteiger partial charge >= 0.3 is 5.76 Å². The molecule has 1 saturated carbocycles. The van der Waals surface area contributed by atoms with Crippen molar-refractivity contribution in [1.29, 1.82) is 0 Å². The van der Waals surface area contributed by atoms with E-state index in [-0.39, 0.29) is 5.89 Å². The minimum Gasteiger partial charge on any atom is -0.386 e. The van der Waals surface area contributed by atoms with Crippen molar-refractivity contribution >= 4 is 28.6 Å². The summed E-state index contributed by atoms with van der Waals surface area (Å²) in [6.07, 6.45) is 9.57. The van der Waals surface area contributed by atoms with Crippen LogP contribution in [0, 0.1) is 5.92 Å². The number of hydrogen-bond acceptors (Lipinski definition) is 8. The van der Waals surface area contributed by atoms with E-state index in [1.165, 1.54) is 32.1 Å². The van der Waals surface area contributed by atoms with Crippen molar-refractivity contribution in [2.45, 2.75) is 38.6 Å². The Morgan fingerprint density at radius 1 is 1.09 bits per heavy atom. The molecule has 0 unspecified atom stereocenters. The smallest absolute Gasteiger partial charge is 0.386 e. The monoisotopic (exact) mass is 495 g/mol. The molecule has 0 atom stereocenters. The maximum absolute atomic E-state index is 11.6. The SMILES string of the molecule is O=c1[nH]nc(-c2cc3nc(N4CCOCC4)n(CC4CCCCC4)c3c(-c3cncc(Cl)c3)n2)o1. The Kier molecular flexibility index (Phi) is 5.99. The number of anilines is 1. The number of ether oxygens (including phenoxy) is 1. The van der Waals surface area contributed by atoms with Crippen LogP contribution in [0.5, 0.6) is 0 Å². The summed E-state index contributed by atoms with van der Waals surface area (Å²) in [4.78, 5) is 28.2. The van der Waals surface area contributed by atoms with Crippen molar-refractivity contribution in [3.05, 3.63) is 40.1 Å². The molecule has 35 heavy (non-hydrogen) atoms. The highest BCUT2D eigenvalue weighted by Crippen LogP contribution is 2.36. The normalized spacial score (nSPS) is 17.3. The predicted molar refractivity (Wildman–Crippen MR) is 131 cm³/mol. The number of pyridine rings is 2. The van der Waals surface area contributed by atoms with Gasteiger partial charge in [0, 0.05) is 37.6 Å². The van der Waals surface area contributed by atoms with Gasteiger partial charge in [-0.25, -0.2) is 19.9 Å². The van der Waals surface area contributed by atoms with Gasteiger partial charge in [0.1, 0.15) is 5.69 Å². The van der Waals surface area contributed by atoms with Crippen LogP contribution in [0.25, 0.3) is 33.9 Å². The molecule has 0 bridgehead atoms. The summed E-state index contributed by atoms with van der Waals surface area (Å²) >= 11 is 6.32. The van der Waals surface area contributed by atoms with Crippen LogP contribution in [-0.4, -0.2) is 56.0 Å². The summed E-state index contributed by atoms with van der Waals surface area (Å²) in [7, 11) is 0. The molecule has 0 amide bonds. The van der Waals surface area contributed by atoms with Gasteiger partial charge in [0.15, 0.2) is 0 Å². The van der Waals surface area contributed by atoms with Crippen LogP contribution in [0.2, 0.25) is 5.02 Å². The van der Waals surface area contributed by atoms with Crippen LogP contribution in [-0.2, 0) is 11.3 Å². The van der Waals surface area contributed by atoms with E-state index in [2.05, 4.69) is 24.6 Å². The van der Waals surface area contributed by atoms with Gasteiger partial charge in [-0.3, -0.25) is 4.98 Å². The van der Waals surface area contributed by atoms with Crippen LogP contribution in [0.4, 0.5) is 5.95 Å². The third-order valence-electron chi connectivity index (χ3n) is 6.80. The molecule has 4 aromatic rings. The number of H-pyrrole nitrogens is 1. The second kappa shape index (κ2) is 9.43. The van der Waals surface area contributed by atoms with Gasteiger partial charge < -0.3 is 18.6 Å². The Morgan fingerprint density at radius 2 is 1.91 bits per heavy atom. The summed E-state index contributed by atoms with van der Waals surface area (Å²) in [5.41, 5.74) is 3.54. The predicted octanol–water partition coefficient (Wildman–Crippen LogP) is 3.91. The van der Waals surface area contributed by atoms with Gasteiger partial charge in [-0.2, -0.15) is 0 Å². The summed E-state index contributed by atoms with van der Waals surface area (Å²) in [5.74, 6) is 0.968. The number of halogens is 1. The van der Waals surface area contributed by atoms with Gasteiger partial charge in [-0.1, -0.05) is 30.9 Å². The van der Waals surface area contributed by atoms with Gasteiger partial charge in [-0.15, -0.1) is 5.10 Å².